The highest BCUT2D eigenvalue weighted by molar-refractivity contribution is 6.02. The quantitative estimate of drug-likeness (QED) is 0.487. The van der Waals surface area contributed by atoms with E-state index in [9.17, 15) is 18.8 Å². The summed E-state index contributed by atoms with van der Waals surface area (Å²) in [4.78, 5) is 38.5. The third-order valence-electron chi connectivity index (χ3n) is 3.76. The molecule has 0 radical (unpaired) electrons. The molecule has 1 aromatic carbocycles. The van der Waals surface area contributed by atoms with Crippen molar-refractivity contribution in [3.05, 3.63) is 64.2 Å². The normalized spacial score (nSPS) is 10.8. The first-order valence-electron chi connectivity index (χ1n) is 7.75. The van der Waals surface area contributed by atoms with Gasteiger partial charge in [0.1, 0.15) is 5.82 Å². The molecule has 0 bridgehead atoms. The zero-order valence-corrected chi connectivity index (χ0v) is 14.6. The molecule has 0 aliphatic heterocycles. The van der Waals surface area contributed by atoms with Crippen LogP contribution in [0.5, 0.6) is 0 Å². The molecular formula is C19H18FNO5. The Bertz CT molecular complexity index is 882. The van der Waals surface area contributed by atoms with Gasteiger partial charge in [0, 0.05) is 17.3 Å². The number of carbonyl (C=O) groups excluding carboxylic acids is 3. The van der Waals surface area contributed by atoms with Crippen LogP contribution in [-0.2, 0) is 14.3 Å². The van der Waals surface area contributed by atoms with Crippen molar-refractivity contribution in [2.24, 2.45) is 0 Å². The molecule has 136 valence electrons. The second kappa shape index (κ2) is 8.24. The highest BCUT2D eigenvalue weighted by atomic mass is 19.1. The zero-order chi connectivity index (χ0) is 19.3. The molecule has 0 fully saturated rings. The number of Topliss-reactive ketones (excluding diaryl/α,β-unsaturated/α-hetero) is 1. The predicted molar refractivity (Wildman–Crippen MR) is 92.3 cm³/mol. The number of ether oxygens (including phenoxy) is 2. The summed E-state index contributed by atoms with van der Waals surface area (Å²) in [5, 5.41) is 0. The summed E-state index contributed by atoms with van der Waals surface area (Å²) in [5.41, 5.74) is 1.60. The number of rotatable bonds is 6. The topological polar surface area (TPSA) is 85.5 Å². The molecule has 0 aliphatic rings. The fraction of sp³-hybridized carbons (Fsp3) is 0.211. The van der Waals surface area contributed by atoms with Crippen LogP contribution in [-0.4, -0.2) is 36.4 Å². The number of carbonyl (C=O) groups is 3. The number of aromatic nitrogens is 1. The molecule has 0 amide bonds. The van der Waals surface area contributed by atoms with Gasteiger partial charge < -0.3 is 14.5 Å². The number of esters is 2. The number of halogens is 1. The van der Waals surface area contributed by atoms with E-state index in [4.69, 9.17) is 4.74 Å². The van der Waals surface area contributed by atoms with E-state index in [-0.39, 0.29) is 16.8 Å². The van der Waals surface area contributed by atoms with Crippen LogP contribution in [0.4, 0.5) is 4.39 Å². The van der Waals surface area contributed by atoms with Gasteiger partial charge in [-0.05, 0) is 31.6 Å². The minimum absolute atomic E-state index is 0.175. The number of H-pyrrole nitrogens is 1. The van der Waals surface area contributed by atoms with Crippen LogP contribution in [0.3, 0.4) is 0 Å². The third kappa shape index (κ3) is 4.24. The standard InChI is InChI=1S/C19H18FNO5/c1-11-17(19(24)25-3)12(2)21-18(11)15(22)10-26-16(23)9-8-13-6-4-5-7-14(13)20/h4-9,21H,10H2,1-3H3/b9-8+. The van der Waals surface area contributed by atoms with Crippen molar-refractivity contribution in [3.63, 3.8) is 0 Å². The largest absolute Gasteiger partial charge is 0.465 e. The molecule has 2 aromatic rings. The summed E-state index contributed by atoms with van der Waals surface area (Å²) in [6, 6.07) is 5.94. The first-order chi connectivity index (χ1) is 12.3. The Morgan fingerprint density at radius 2 is 1.88 bits per heavy atom. The first kappa shape index (κ1) is 19.1. The maximum Gasteiger partial charge on any atom is 0.339 e. The maximum absolute atomic E-state index is 13.5. The van der Waals surface area contributed by atoms with Gasteiger partial charge in [0.25, 0.3) is 0 Å². The van der Waals surface area contributed by atoms with Crippen molar-refractivity contribution in [3.8, 4) is 0 Å². The van der Waals surface area contributed by atoms with Gasteiger partial charge >= 0.3 is 11.9 Å². The molecule has 7 heteroatoms. The van der Waals surface area contributed by atoms with Crippen LogP contribution in [0.25, 0.3) is 6.08 Å². The highest BCUT2D eigenvalue weighted by Gasteiger charge is 2.22. The number of ketones is 1. The van der Waals surface area contributed by atoms with Crippen molar-refractivity contribution in [2.75, 3.05) is 13.7 Å². The Hall–Kier alpha value is -3.22. The van der Waals surface area contributed by atoms with E-state index >= 15 is 0 Å². The number of benzene rings is 1. The van der Waals surface area contributed by atoms with Crippen LogP contribution in [0, 0.1) is 19.7 Å². The molecule has 2 rings (SSSR count). The lowest BCUT2D eigenvalue weighted by Crippen LogP contribution is -2.14. The second-order valence-electron chi connectivity index (χ2n) is 5.50. The summed E-state index contributed by atoms with van der Waals surface area (Å²) >= 11 is 0. The molecule has 26 heavy (non-hydrogen) atoms. The predicted octanol–water partition coefficient (Wildman–Crippen LogP) is 3.00. The molecule has 0 saturated heterocycles. The minimum Gasteiger partial charge on any atom is -0.465 e. The first-order valence-corrected chi connectivity index (χ1v) is 7.75. The Morgan fingerprint density at radius 1 is 1.19 bits per heavy atom. The van der Waals surface area contributed by atoms with E-state index in [1.165, 1.54) is 31.4 Å². The van der Waals surface area contributed by atoms with E-state index < -0.39 is 30.1 Å². The smallest absolute Gasteiger partial charge is 0.339 e. The van der Waals surface area contributed by atoms with Crippen LogP contribution < -0.4 is 0 Å². The molecule has 0 atom stereocenters. The van der Waals surface area contributed by atoms with Gasteiger partial charge in [-0.2, -0.15) is 0 Å². The Kier molecular flexibility index (Phi) is 6.06. The molecule has 1 aromatic heterocycles. The second-order valence-corrected chi connectivity index (χ2v) is 5.50. The molecular weight excluding hydrogens is 341 g/mol. The van der Waals surface area contributed by atoms with Crippen LogP contribution >= 0.6 is 0 Å². The molecule has 0 aliphatic carbocycles. The van der Waals surface area contributed by atoms with Gasteiger partial charge in [0.05, 0.1) is 18.4 Å². The number of methoxy groups -OCH3 is 1. The van der Waals surface area contributed by atoms with Crippen LogP contribution in [0.15, 0.2) is 30.3 Å². The highest BCUT2D eigenvalue weighted by Crippen LogP contribution is 2.19. The average Bonchev–Trinajstić information content (AvgIpc) is 2.92. The third-order valence-corrected chi connectivity index (χ3v) is 3.76. The molecule has 0 saturated carbocycles. The Balaban J connectivity index is 2.02. The van der Waals surface area contributed by atoms with E-state index in [2.05, 4.69) is 9.72 Å². The zero-order valence-electron chi connectivity index (χ0n) is 14.6. The summed E-state index contributed by atoms with van der Waals surface area (Å²) in [6.45, 7) is 2.73. The number of nitrogens with one attached hydrogen (secondary N) is 1. The van der Waals surface area contributed by atoms with Crippen molar-refractivity contribution in [1.29, 1.82) is 0 Å². The average molecular weight is 359 g/mol. The van der Waals surface area contributed by atoms with Crippen molar-refractivity contribution < 1.29 is 28.2 Å². The van der Waals surface area contributed by atoms with Gasteiger partial charge in [0.2, 0.25) is 5.78 Å². The van der Waals surface area contributed by atoms with Crippen molar-refractivity contribution >= 4 is 23.8 Å². The summed E-state index contributed by atoms with van der Waals surface area (Å²) in [5.74, 6) is -2.30. The van der Waals surface area contributed by atoms with E-state index in [1.54, 1.807) is 19.9 Å². The van der Waals surface area contributed by atoms with Gasteiger partial charge in [0.15, 0.2) is 6.61 Å². The number of hydrogen-bond donors (Lipinski definition) is 1. The Labute approximate surface area is 149 Å². The summed E-state index contributed by atoms with van der Waals surface area (Å²) in [6.07, 6.45) is 2.31. The van der Waals surface area contributed by atoms with Crippen LogP contribution in [0.1, 0.15) is 37.7 Å². The molecule has 1 N–H and O–H groups in total. The van der Waals surface area contributed by atoms with Crippen LogP contribution in [0.2, 0.25) is 0 Å². The van der Waals surface area contributed by atoms with E-state index in [0.29, 0.717) is 11.3 Å². The van der Waals surface area contributed by atoms with Crippen molar-refractivity contribution in [2.45, 2.75) is 13.8 Å². The number of hydrogen-bond acceptors (Lipinski definition) is 5. The van der Waals surface area contributed by atoms with Gasteiger partial charge in [-0.25, -0.2) is 14.0 Å². The van der Waals surface area contributed by atoms with Crippen molar-refractivity contribution in [1.82, 2.24) is 4.98 Å². The molecule has 0 spiro atoms. The molecule has 0 unspecified atom stereocenters. The van der Waals surface area contributed by atoms with E-state index in [1.807, 2.05) is 0 Å². The van der Waals surface area contributed by atoms with Gasteiger partial charge in [-0.15, -0.1) is 0 Å². The minimum atomic E-state index is -0.782. The monoisotopic (exact) mass is 359 g/mol. The maximum atomic E-state index is 13.5. The summed E-state index contributed by atoms with van der Waals surface area (Å²) < 4.78 is 23.0. The fourth-order valence-corrected chi connectivity index (χ4v) is 2.46. The number of aromatic amines is 1. The lowest BCUT2D eigenvalue weighted by molar-refractivity contribution is -0.136. The molecule has 6 nitrogen and oxygen atoms in total. The SMILES string of the molecule is COC(=O)c1c(C)[nH]c(C(=O)COC(=O)/C=C/c2ccccc2F)c1C. The number of aryl methyl sites for hydroxylation is 1. The van der Waals surface area contributed by atoms with E-state index in [0.717, 1.165) is 6.08 Å². The fourth-order valence-electron chi connectivity index (χ4n) is 2.46. The summed E-state index contributed by atoms with van der Waals surface area (Å²) in [7, 11) is 1.25. The lowest BCUT2D eigenvalue weighted by atomic mass is 10.1. The van der Waals surface area contributed by atoms with Gasteiger partial charge in [-0.1, -0.05) is 18.2 Å². The van der Waals surface area contributed by atoms with Gasteiger partial charge in [-0.3, -0.25) is 4.79 Å². The molecule has 1 heterocycles. The lowest BCUT2D eigenvalue weighted by Gasteiger charge is -2.02. The Morgan fingerprint density at radius 3 is 2.54 bits per heavy atom.